The lowest BCUT2D eigenvalue weighted by molar-refractivity contribution is -0.137. The highest BCUT2D eigenvalue weighted by molar-refractivity contribution is 7.57. The van der Waals surface area contributed by atoms with E-state index in [4.69, 9.17) is 4.74 Å². The number of nitrogens with one attached hydrogen (secondary N) is 1. The molecule has 2 aliphatic heterocycles. The van der Waals surface area contributed by atoms with Gasteiger partial charge in [-0.1, -0.05) is 43.2 Å². The molecule has 8 heteroatoms. The first kappa shape index (κ1) is 23.9. The van der Waals surface area contributed by atoms with Crippen molar-refractivity contribution >= 4 is 13.5 Å². The fourth-order valence-electron chi connectivity index (χ4n) is 5.81. The van der Waals surface area contributed by atoms with Crippen molar-refractivity contribution in [2.75, 3.05) is 26.3 Å². The van der Waals surface area contributed by atoms with Gasteiger partial charge in [-0.25, -0.2) is 14.4 Å². The Balaban J connectivity index is 1.74. The van der Waals surface area contributed by atoms with Crippen molar-refractivity contribution in [2.24, 2.45) is 0 Å². The molecule has 0 bridgehead atoms. The number of hydrogen-bond acceptors (Lipinski definition) is 3. The normalized spacial score (nSPS) is 27.6. The highest BCUT2D eigenvalue weighted by Crippen LogP contribution is 2.63. The number of ether oxygens (including phenoxy) is 1. The summed E-state index contributed by atoms with van der Waals surface area (Å²) in [4.78, 5) is 15.6. The van der Waals surface area contributed by atoms with Gasteiger partial charge in [0.1, 0.15) is 6.04 Å². The minimum absolute atomic E-state index is 0.0167. The summed E-state index contributed by atoms with van der Waals surface area (Å²) in [5, 5.41) is 3.50. The molecule has 32 heavy (non-hydrogen) atoms. The second-order valence-electron chi connectivity index (χ2n) is 9.82. The van der Waals surface area contributed by atoms with Gasteiger partial charge >= 0.3 is 0 Å². The zero-order valence-corrected chi connectivity index (χ0v) is 20.8. The van der Waals surface area contributed by atoms with Gasteiger partial charge in [-0.15, -0.1) is 0 Å². The van der Waals surface area contributed by atoms with Crippen LogP contribution in [-0.2, 0) is 14.1 Å². The molecule has 1 aromatic carbocycles. The summed E-state index contributed by atoms with van der Waals surface area (Å²) < 4.78 is 24.9. The van der Waals surface area contributed by atoms with Crippen LogP contribution in [0.3, 0.4) is 0 Å². The Hall–Kier alpha value is -1.24. The Morgan fingerprint density at radius 1 is 0.969 bits per heavy atom. The number of fused-ring (bicyclic) bond motifs is 1. The lowest BCUT2D eigenvalue weighted by atomic mass is 9.89. The molecule has 1 aliphatic carbocycles. The number of carbonyl (C=O) groups excluding carboxylic acids is 1. The Labute approximate surface area is 193 Å². The molecule has 3 atom stereocenters. The van der Waals surface area contributed by atoms with E-state index < -0.39 is 13.6 Å². The van der Waals surface area contributed by atoms with Gasteiger partial charge in [0.2, 0.25) is 5.91 Å². The lowest BCUT2D eigenvalue weighted by Crippen LogP contribution is -2.48. The van der Waals surface area contributed by atoms with Gasteiger partial charge < -0.3 is 9.64 Å². The lowest BCUT2D eigenvalue weighted by Gasteiger charge is -2.39. The number of morpholine rings is 1. The molecule has 0 unspecified atom stereocenters. The molecule has 2 saturated heterocycles. The zero-order chi connectivity index (χ0) is 22.9. The van der Waals surface area contributed by atoms with E-state index in [9.17, 15) is 4.79 Å². The summed E-state index contributed by atoms with van der Waals surface area (Å²) in [5.74, 6) is -0.0167. The number of hydrogen-bond donors (Lipinski definition) is 1. The van der Waals surface area contributed by atoms with E-state index in [2.05, 4.69) is 42.1 Å². The molecule has 1 aromatic rings. The first-order valence-corrected chi connectivity index (χ1v) is 13.8. The monoisotopic (exact) mass is 462 g/mol. The molecular formula is C24H39N4O3P. The van der Waals surface area contributed by atoms with Gasteiger partial charge in [0, 0.05) is 37.3 Å². The third kappa shape index (κ3) is 4.43. The van der Waals surface area contributed by atoms with Crippen molar-refractivity contribution in [3.05, 3.63) is 35.9 Å². The van der Waals surface area contributed by atoms with Crippen LogP contribution in [0.2, 0.25) is 0 Å². The van der Waals surface area contributed by atoms with Gasteiger partial charge in [0.15, 0.2) is 0 Å². The van der Waals surface area contributed by atoms with Crippen molar-refractivity contribution < 1.29 is 14.1 Å². The summed E-state index contributed by atoms with van der Waals surface area (Å²) in [6, 6.07) is 9.89. The molecule has 3 aliphatic rings. The minimum atomic E-state index is -3.20. The smallest absolute Gasteiger partial charge is 0.286 e. The van der Waals surface area contributed by atoms with E-state index in [1.165, 1.54) is 12.8 Å². The number of nitrogens with zero attached hydrogens (tertiary/aromatic N) is 3. The summed E-state index contributed by atoms with van der Waals surface area (Å²) >= 11 is 0. The maximum atomic E-state index is 15.0. The summed E-state index contributed by atoms with van der Waals surface area (Å²) in [6.07, 6.45) is 4.46. The number of benzene rings is 1. The summed E-state index contributed by atoms with van der Waals surface area (Å²) in [6.45, 7) is 10.8. The van der Waals surface area contributed by atoms with Crippen LogP contribution in [0.15, 0.2) is 30.3 Å². The predicted molar refractivity (Wildman–Crippen MR) is 127 cm³/mol. The molecule has 1 amide bonds. The Bertz CT molecular complexity index is 800. The molecule has 1 N–H and O–H groups in total. The van der Waals surface area contributed by atoms with E-state index in [0.29, 0.717) is 26.3 Å². The van der Waals surface area contributed by atoms with Crippen LogP contribution in [-0.4, -0.2) is 70.6 Å². The minimum Gasteiger partial charge on any atom is -0.378 e. The van der Waals surface area contributed by atoms with Crippen molar-refractivity contribution in [1.29, 1.82) is 0 Å². The highest BCUT2D eigenvalue weighted by atomic mass is 31.2. The van der Waals surface area contributed by atoms with Crippen LogP contribution in [0.5, 0.6) is 0 Å². The average Bonchev–Trinajstić information content (AvgIpc) is 3.06. The van der Waals surface area contributed by atoms with Crippen molar-refractivity contribution in [1.82, 2.24) is 19.3 Å². The first-order valence-electron chi connectivity index (χ1n) is 12.2. The summed E-state index contributed by atoms with van der Waals surface area (Å²) in [5.41, 5.74) is 0.863. The summed E-state index contributed by atoms with van der Waals surface area (Å²) in [7, 11) is -3.20. The van der Waals surface area contributed by atoms with Crippen LogP contribution in [0.25, 0.3) is 0 Å². The van der Waals surface area contributed by atoms with Crippen LogP contribution in [0.1, 0.15) is 65.0 Å². The molecule has 7 nitrogen and oxygen atoms in total. The molecule has 1 saturated carbocycles. The van der Waals surface area contributed by atoms with Gasteiger partial charge in [-0.05, 0) is 46.1 Å². The maximum absolute atomic E-state index is 15.0. The number of rotatable bonds is 6. The van der Waals surface area contributed by atoms with Crippen LogP contribution in [0, 0.1) is 0 Å². The van der Waals surface area contributed by atoms with Crippen molar-refractivity contribution in [3.8, 4) is 0 Å². The van der Waals surface area contributed by atoms with E-state index in [0.717, 1.165) is 18.4 Å². The molecule has 3 fully saturated rings. The van der Waals surface area contributed by atoms with Crippen molar-refractivity contribution in [3.63, 3.8) is 0 Å². The Kier molecular flexibility index (Phi) is 7.43. The van der Waals surface area contributed by atoms with Gasteiger partial charge in [0.05, 0.1) is 13.2 Å². The SMILES string of the molecule is CC(C)N1[C@@H]2CCCC[C@H]2N(C(C)C)P1(=O)N[C@H](C(=O)N1CCOCC1)c1ccccc1. The molecule has 0 spiro atoms. The topological polar surface area (TPSA) is 65.1 Å². The van der Waals surface area contributed by atoms with Gasteiger partial charge in [0.25, 0.3) is 7.59 Å². The third-order valence-electron chi connectivity index (χ3n) is 7.06. The van der Waals surface area contributed by atoms with E-state index in [-0.39, 0.29) is 30.1 Å². The standard InChI is InChI=1S/C24H39N4O3P/c1-18(2)27-21-12-8-9-13-22(21)28(19(3)4)32(27,30)25-23(20-10-6-5-7-11-20)24(29)26-14-16-31-17-15-26/h5-7,10-11,18-19,21-23H,8-9,12-17H2,1-4H3,(H,25,30)/t21-,22-,23+/m1/s1. The third-order valence-corrected chi connectivity index (χ3v) is 10.4. The van der Waals surface area contributed by atoms with E-state index >= 15 is 4.57 Å². The second-order valence-corrected chi connectivity index (χ2v) is 12.1. The second kappa shape index (κ2) is 9.94. The average molecular weight is 463 g/mol. The molecule has 2 heterocycles. The first-order chi connectivity index (χ1) is 15.3. The largest absolute Gasteiger partial charge is 0.378 e. The van der Waals surface area contributed by atoms with E-state index in [1.807, 2.05) is 35.2 Å². The van der Waals surface area contributed by atoms with Gasteiger partial charge in [-0.2, -0.15) is 0 Å². The van der Waals surface area contributed by atoms with Gasteiger partial charge in [-0.3, -0.25) is 9.36 Å². The predicted octanol–water partition coefficient (Wildman–Crippen LogP) is 4.03. The fourth-order valence-corrected chi connectivity index (χ4v) is 9.50. The molecule has 4 rings (SSSR count). The quantitative estimate of drug-likeness (QED) is 0.644. The maximum Gasteiger partial charge on any atom is 0.286 e. The fraction of sp³-hybridized carbons (Fsp3) is 0.708. The van der Waals surface area contributed by atoms with Crippen LogP contribution < -0.4 is 5.09 Å². The Morgan fingerprint density at radius 3 is 2.00 bits per heavy atom. The highest BCUT2D eigenvalue weighted by Gasteiger charge is 2.58. The number of amides is 1. The number of carbonyl (C=O) groups is 1. The van der Waals surface area contributed by atoms with E-state index in [1.54, 1.807) is 0 Å². The van der Waals surface area contributed by atoms with Crippen LogP contribution in [0.4, 0.5) is 0 Å². The Morgan fingerprint density at radius 2 is 1.50 bits per heavy atom. The molecule has 0 radical (unpaired) electrons. The molecular weight excluding hydrogens is 423 g/mol. The molecule has 0 aromatic heterocycles. The molecule has 178 valence electrons. The zero-order valence-electron chi connectivity index (χ0n) is 19.9. The van der Waals surface area contributed by atoms with Crippen molar-refractivity contribution in [2.45, 2.75) is 83.6 Å². The van der Waals surface area contributed by atoms with Crippen LogP contribution >= 0.6 is 7.59 Å².